The van der Waals surface area contributed by atoms with E-state index in [0.717, 1.165) is 17.5 Å². The minimum atomic E-state index is 0.0198. The molecule has 0 saturated carbocycles. The van der Waals surface area contributed by atoms with Gasteiger partial charge in [-0.05, 0) is 17.5 Å². The third kappa shape index (κ3) is 6.37. The lowest BCUT2D eigenvalue weighted by molar-refractivity contribution is 0.265. The molecule has 3 N–H and O–H groups in total. The maximum absolute atomic E-state index is 9.64. The van der Waals surface area contributed by atoms with Gasteiger partial charge in [0.25, 0.3) is 0 Å². The zero-order valence-electron chi connectivity index (χ0n) is 15.5. The number of nitrogens with zero attached hydrogens (tertiary/aromatic N) is 2. The maximum Gasteiger partial charge on any atom is 0.213 e. The Morgan fingerprint density at radius 2 is 2.00 bits per heavy atom. The SMILES string of the molecule is CCCOc1ccc(CNC(=NC)NCC(CO)c2ccccc2)cn1. The Hall–Kier alpha value is -2.60. The monoisotopic (exact) mass is 356 g/mol. The lowest BCUT2D eigenvalue weighted by Gasteiger charge is -2.18. The standard InChI is InChI=1S/C20H28N4O2/c1-3-11-26-19-10-9-16(12-22-19)13-23-20(21-2)24-14-18(15-25)17-7-5-4-6-8-17/h4-10,12,18,25H,3,11,13-15H2,1-2H3,(H2,21,23,24). The number of ether oxygens (including phenoxy) is 1. The van der Waals surface area contributed by atoms with Crippen LogP contribution in [0.1, 0.15) is 30.4 Å². The number of benzene rings is 1. The Labute approximate surface area is 155 Å². The van der Waals surface area contributed by atoms with Crippen LogP contribution in [-0.4, -0.2) is 42.9 Å². The van der Waals surface area contributed by atoms with E-state index >= 15 is 0 Å². The molecular formula is C20H28N4O2. The highest BCUT2D eigenvalue weighted by molar-refractivity contribution is 5.79. The van der Waals surface area contributed by atoms with Gasteiger partial charge in [-0.1, -0.05) is 43.3 Å². The van der Waals surface area contributed by atoms with E-state index in [9.17, 15) is 5.11 Å². The summed E-state index contributed by atoms with van der Waals surface area (Å²) in [7, 11) is 1.73. The van der Waals surface area contributed by atoms with Crippen molar-refractivity contribution in [3.05, 3.63) is 59.8 Å². The van der Waals surface area contributed by atoms with Gasteiger partial charge in [0.05, 0.1) is 13.2 Å². The molecule has 0 spiro atoms. The molecule has 0 amide bonds. The molecule has 1 aromatic carbocycles. The van der Waals surface area contributed by atoms with Crippen molar-refractivity contribution in [3.8, 4) is 5.88 Å². The van der Waals surface area contributed by atoms with Crippen molar-refractivity contribution in [2.45, 2.75) is 25.8 Å². The molecule has 0 aliphatic rings. The summed E-state index contributed by atoms with van der Waals surface area (Å²) in [5.74, 6) is 1.35. The van der Waals surface area contributed by atoms with Gasteiger partial charge in [0.15, 0.2) is 5.96 Å². The molecule has 6 heteroatoms. The number of aliphatic hydroxyl groups is 1. The summed E-state index contributed by atoms with van der Waals surface area (Å²) in [5.41, 5.74) is 2.14. The third-order valence-corrected chi connectivity index (χ3v) is 3.94. The quantitative estimate of drug-likeness (QED) is 0.475. The van der Waals surface area contributed by atoms with Crippen molar-refractivity contribution in [3.63, 3.8) is 0 Å². The second kappa shape index (κ2) is 11.1. The predicted molar refractivity (Wildman–Crippen MR) is 104 cm³/mol. The van der Waals surface area contributed by atoms with Crippen LogP contribution in [0, 0.1) is 0 Å². The predicted octanol–water partition coefficient (Wildman–Crippen LogP) is 2.31. The molecule has 0 radical (unpaired) electrons. The summed E-state index contributed by atoms with van der Waals surface area (Å²) in [6.45, 7) is 4.03. The van der Waals surface area contributed by atoms with Gasteiger partial charge >= 0.3 is 0 Å². The highest BCUT2D eigenvalue weighted by Crippen LogP contribution is 2.13. The zero-order chi connectivity index (χ0) is 18.6. The molecule has 1 aromatic heterocycles. The fraction of sp³-hybridized carbons (Fsp3) is 0.400. The summed E-state index contributed by atoms with van der Waals surface area (Å²) in [6.07, 6.45) is 2.76. The van der Waals surface area contributed by atoms with E-state index in [-0.39, 0.29) is 12.5 Å². The average Bonchev–Trinajstić information content (AvgIpc) is 2.70. The topological polar surface area (TPSA) is 78.8 Å². The number of guanidine groups is 1. The number of nitrogens with one attached hydrogen (secondary N) is 2. The van der Waals surface area contributed by atoms with Crippen molar-refractivity contribution in [1.82, 2.24) is 15.6 Å². The number of hydrogen-bond donors (Lipinski definition) is 3. The summed E-state index contributed by atoms with van der Waals surface area (Å²) in [6, 6.07) is 13.8. The number of aliphatic hydroxyl groups excluding tert-OH is 1. The van der Waals surface area contributed by atoms with Crippen LogP contribution in [0.2, 0.25) is 0 Å². The number of aliphatic imine (C=N–C) groups is 1. The highest BCUT2D eigenvalue weighted by atomic mass is 16.5. The first-order valence-corrected chi connectivity index (χ1v) is 8.94. The van der Waals surface area contributed by atoms with Gasteiger partial charge in [0, 0.05) is 38.3 Å². The summed E-state index contributed by atoms with van der Waals surface area (Å²) >= 11 is 0. The van der Waals surface area contributed by atoms with Crippen LogP contribution in [0.3, 0.4) is 0 Å². The molecule has 2 aromatic rings. The zero-order valence-corrected chi connectivity index (χ0v) is 15.5. The minimum absolute atomic E-state index is 0.0198. The Bertz CT molecular complexity index is 659. The molecule has 26 heavy (non-hydrogen) atoms. The van der Waals surface area contributed by atoms with Gasteiger partial charge in [-0.2, -0.15) is 0 Å². The Kier molecular flexibility index (Phi) is 8.42. The largest absolute Gasteiger partial charge is 0.478 e. The molecule has 0 fully saturated rings. The Morgan fingerprint density at radius 1 is 1.19 bits per heavy atom. The van der Waals surface area contributed by atoms with Gasteiger partial charge in [0.1, 0.15) is 0 Å². The lowest BCUT2D eigenvalue weighted by atomic mass is 10.0. The smallest absolute Gasteiger partial charge is 0.213 e. The van der Waals surface area contributed by atoms with E-state index in [4.69, 9.17) is 4.74 Å². The molecule has 140 valence electrons. The van der Waals surface area contributed by atoms with Gasteiger partial charge in [-0.25, -0.2) is 4.98 Å². The molecule has 2 rings (SSSR count). The van der Waals surface area contributed by atoms with Crippen LogP contribution in [0.5, 0.6) is 5.88 Å². The fourth-order valence-corrected chi connectivity index (χ4v) is 2.45. The summed E-state index contributed by atoms with van der Waals surface area (Å²) in [4.78, 5) is 8.52. The number of rotatable bonds is 9. The molecule has 0 aliphatic carbocycles. The van der Waals surface area contributed by atoms with Crippen molar-refractivity contribution >= 4 is 5.96 Å². The first-order chi connectivity index (χ1) is 12.8. The second-order valence-corrected chi connectivity index (χ2v) is 5.95. The summed E-state index contributed by atoms with van der Waals surface area (Å²) in [5, 5.41) is 16.2. The van der Waals surface area contributed by atoms with Gasteiger partial charge in [-0.15, -0.1) is 0 Å². The first kappa shape index (κ1) is 19.7. The molecule has 0 aliphatic heterocycles. The van der Waals surface area contributed by atoms with Crippen LogP contribution in [0.25, 0.3) is 0 Å². The van der Waals surface area contributed by atoms with Crippen LogP contribution in [0.15, 0.2) is 53.7 Å². The first-order valence-electron chi connectivity index (χ1n) is 8.94. The van der Waals surface area contributed by atoms with E-state index in [1.165, 1.54) is 0 Å². The normalized spacial score (nSPS) is 12.5. The molecule has 0 bridgehead atoms. The molecule has 1 unspecified atom stereocenters. The number of aromatic nitrogens is 1. The van der Waals surface area contributed by atoms with E-state index < -0.39 is 0 Å². The number of pyridine rings is 1. The van der Waals surface area contributed by atoms with E-state index in [2.05, 4.69) is 27.5 Å². The second-order valence-electron chi connectivity index (χ2n) is 5.95. The van der Waals surface area contributed by atoms with Gasteiger partial charge in [0.2, 0.25) is 5.88 Å². The third-order valence-electron chi connectivity index (χ3n) is 3.94. The van der Waals surface area contributed by atoms with Crippen LogP contribution in [0.4, 0.5) is 0 Å². The maximum atomic E-state index is 9.64. The van der Waals surface area contributed by atoms with Crippen molar-refractivity contribution in [1.29, 1.82) is 0 Å². The van der Waals surface area contributed by atoms with Crippen molar-refractivity contribution in [2.24, 2.45) is 4.99 Å². The van der Waals surface area contributed by atoms with Crippen LogP contribution < -0.4 is 15.4 Å². The fourth-order valence-electron chi connectivity index (χ4n) is 2.45. The van der Waals surface area contributed by atoms with E-state index in [1.807, 2.05) is 42.5 Å². The molecule has 0 saturated heterocycles. The van der Waals surface area contributed by atoms with Gasteiger partial charge < -0.3 is 20.5 Å². The highest BCUT2D eigenvalue weighted by Gasteiger charge is 2.10. The van der Waals surface area contributed by atoms with Crippen molar-refractivity contribution < 1.29 is 9.84 Å². The lowest BCUT2D eigenvalue weighted by Crippen LogP contribution is -2.39. The van der Waals surface area contributed by atoms with E-state index in [1.54, 1.807) is 13.2 Å². The summed E-state index contributed by atoms with van der Waals surface area (Å²) < 4.78 is 5.48. The molecule has 6 nitrogen and oxygen atoms in total. The minimum Gasteiger partial charge on any atom is -0.478 e. The molecule has 1 heterocycles. The molecule has 1 atom stereocenters. The van der Waals surface area contributed by atoms with Gasteiger partial charge in [-0.3, -0.25) is 4.99 Å². The Morgan fingerprint density at radius 3 is 2.62 bits per heavy atom. The molecular weight excluding hydrogens is 328 g/mol. The van der Waals surface area contributed by atoms with Crippen molar-refractivity contribution in [2.75, 3.05) is 26.8 Å². The van der Waals surface area contributed by atoms with E-state index in [0.29, 0.717) is 31.5 Å². The van der Waals surface area contributed by atoms with Crippen LogP contribution in [-0.2, 0) is 6.54 Å². The average molecular weight is 356 g/mol. The number of hydrogen-bond acceptors (Lipinski definition) is 4. The Balaban J connectivity index is 1.82. The van der Waals surface area contributed by atoms with Crippen LogP contribution >= 0.6 is 0 Å².